The van der Waals surface area contributed by atoms with Crippen molar-refractivity contribution in [1.29, 1.82) is 0 Å². The number of hydroxylamine groups is 2. The average molecular weight is 179 g/mol. The molecule has 1 aromatic carbocycles. The van der Waals surface area contributed by atoms with E-state index in [0.29, 0.717) is 0 Å². The van der Waals surface area contributed by atoms with Crippen LogP contribution in [0.25, 0.3) is 0 Å². The first kappa shape index (κ1) is 10.1. The summed E-state index contributed by atoms with van der Waals surface area (Å²) in [5.41, 5.74) is 1.18. The molecule has 0 saturated carbocycles. The summed E-state index contributed by atoms with van der Waals surface area (Å²) in [7, 11) is 0. The number of rotatable bonds is 4. The van der Waals surface area contributed by atoms with Gasteiger partial charge >= 0.3 is 0 Å². The molecule has 1 rings (SSSR count). The maximum atomic E-state index is 5.68. The van der Waals surface area contributed by atoms with Gasteiger partial charge in [0.1, 0.15) is 5.75 Å². The van der Waals surface area contributed by atoms with Crippen LogP contribution in [-0.2, 0) is 0 Å². The molecule has 0 atom stereocenters. The van der Waals surface area contributed by atoms with Crippen LogP contribution in [0.2, 0.25) is 0 Å². The number of nitrogens with zero attached hydrogens (tertiary/aromatic N) is 1. The molecule has 0 aliphatic heterocycles. The van der Waals surface area contributed by atoms with Gasteiger partial charge in [-0.15, -0.1) is 5.06 Å². The largest absolute Gasteiger partial charge is 0.406 e. The van der Waals surface area contributed by atoms with Crippen LogP contribution in [0.15, 0.2) is 24.3 Å². The van der Waals surface area contributed by atoms with E-state index in [4.69, 9.17) is 4.84 Å². The van der Waals surface area contributed by atoms with Crippen LogP contribution in [0.5, 0.6) is 5.75 Å². The highest BCUT2D eigenvalue weighted by molar-refractivity contribution is 5.31. The molecular formula is C11H17NO. The maximum absolute atomic E-state index is 5.68. The highest BCUT2D eigenvalue weighted by atomic mass is 16.7. The Kier molecular flexibility index (Phi) is 3.77. The van der Waals surface area contributed by atoms with E-state index in [1.54, 1.807) is 0 Å². The van der Waals surface area contributed by atoms with E-state index in [1.165, 1.54) is 5.56 Å². The van der Waals surface area contributed by atoms with Crippen LogP contribution in [0.3, 0.4) is 0 Å². The van der Waals surface area contributed by atoms with E-state index in [0.717, 1.165) is 18.8 Å². The Morgan fingerprint density at radius 1 is 1.15 bits per heavy atom. The Hall–Kier alpha value is -1.02. The molecule has 0 fully saturated rings. The topological polar surface area (TPSA) is 12.5 Å². The van der Waals surface area contributed by atoms with Crippen molar-refractivity contribution in [2.24, 2.45) is 0 Å². The van der Waals surface area contributed by atoms with E-state index in [9.17, 15) is 0 Å². The van der Waals surface area contributed by atoms with E-state index in [2.05, 4.69) is 26.8 Å². The smallest absolute Gasteiger partial charge is 0.150 e. The second-order valence-electron chi connectivity index (χ2n) is 2.97. The average Bonchev–Trinajstić information content (AvgIpc) is 2.17. The molecule has 0 radical (unpaired) electrons. The van der Waals surface area contributed by atoms with Gasteiger partial charge in [0.05, 0.1) is 0 Å². The van der Waals surface area contributed by atoms with Crippen LogP contribution in [0.1, 0.15) is 19.4 Å². The van der Waals surface area contributed by atoms with Gasteiger partial charge in [0.15, 0.2) is 0 Å². The zero-order valence-electron chi connectivity index (χ0n) is 8.58. The maximum Gasteiger partial charge on any atom is 0.150 e. The molecule has 0 aliphatic rings. The van der Waals surface area contributed by atoms with E-state index in [-0.39, 0.29) is 0 Å². The predicted octanol–water partition coefficient (Wildman–Crippen LogP) is 2.63. The zero-order valence-corrected chi connectivity index (χ0v) is 8.58. The molecule has 2 nitrogen and oxygen atoms in total. The van der Waals surface area contributed by atoms with Crippen molar-refractivity contribution in [2.45, 2.75) is 20.8 Å². The number of hydrogen-bond donors (Lipinski definition) is 0. The Morgan fingerprint density at radius 2 is 1.77 bits per heavy atom. The van der Waals surface area contributed by atoms with Crippen LogP contribution >= 0.6 is 0 Å². The third-order valence-electron chi connectivity index (χ3n) is 2.03. The molecule has 0 unspecified atom stereocenters. The summed E-state index contributed by atoms with van der Waals surface area (Å²) in [6.45, 7) is 8.04. The van der Waals surface area contributed by atoms with Crippen molar-refractivity contribution in [3.63, 3.8) is 0 Å². The molecule has 0 spiro atoms. The first-order valence-corrected chi connectivity index (χ1v) is 4.76. The molecule has 0 aliphatic carbocycles. The molecule has 13 heavy (non-hydrogen) atoms. The van der Waals surface area contributed by atoms with Crippen LogP contribution in [-0.4, -0.2) is 18.2 Å². The fourth-order valence-corrected chi connectivity index (χ4v) is 1.15. The summed E-state index contributed by atoms with van der Waals surface area (Å²) in [5, 5.41) is 1.93. The molecule has 0 amide bonds. The van der Waals surface area contributed by atoms with Crippen molar-refractivity contribution < 1.29 is 4.84 Å². The van der Waals surface area contributed by atoms with Gasteiger partial charge in [-0.1, -0.05) is 18.2 Å². The van der Waals surface area contributed by atoms with Gasteiger partial charge < -0.3 is 4.84 Å². The van der Waals surface area contributed by atoms with Gasteiger partial charge in [-0.25, -0.2) is 0 Å². The molecule has 2 heteroatoms. The SMILES string of the molecule is CCN(CC)Oc1ccccc1C. The fourth-order valence-electron chi connectivity index (χ4n) is 1.15. The van der Waals surface area contributed by atoms with Gasteiger partial charge in [-0.2, -0.15) is 0 Å². The lowest BCUT2D eigenvalue weighted by molar-refractivity contribution is -0.0492. The van der Waals surface area contributed by atoms with Crippen molar-refractivity contribution in [1.82, 2.24) is 5.06 Å². The zero-order chi connectivity index (χ0) is 9.68. The lowest BCUT2D eigenvalue weighted by Gasteiger charge is -2.19. The predicted molar refractivity (Wildman–Crippen MR) is 54.7 cm³/mol. The first-order chi connectivity index (χ1) is 6.27. The second kappa shape index (κ2) is 4.87. The molecule has 0 bridgehead atoms. The van der Waals surface area contributed by atoms with Gasteiger partial charge in [-0.05, 0) is 32.4 Å². The van der Waals surface area contributed by atoms with Crippen LogP contribution in [0, 0.1) is 6.92 Å². The molecule has 0 saturated heterocycles. The van der Waals surface area contributed by atoms with Crippen molar-refractivity contribution in [3.05, 3.63) is 29.8 Å². The summed E-state index contributed by atoms with van der Waals surface area (Å²) in [6.07, 6.45) is 0. The summed E-state index contributed by atoms with van der Waals surface area (Å²) >= 11 is 0. The molecular weight excluding hydrogens is 162 g/mol. The number of aryl methyl sites for hydroxylation is 1. The van der Waals surface area contributed by atoms with E-state index >= 15 is 0 Å². The molecule has 0 heterocycles. The van der Waals surface area contributed by atoms with Crippen molar-refractivity contribution in [3.8, 4) is 5.75 Å². The van der Waals surface area contributed by atoms with E-state index < -0.39 is 0 Å². The summed E-state index contributed by atoms with van der Waals surface area (Å²) in [6, 6.07) is 8.06. The first-order valence-electron chi connectivity index (χ1n) is 4.76. The highest BCUT2D eigenvalue weighted by Gasteiger charge is 2.02. The number of hydrogen-bond acceptors (Lipinski definition) is 2. The van der Waals surface area contributed by atoms with E-state index in [1.807, 2.05) is 23.3 Å². The van der Waals surface area contributed by atoms with Gasteiger partial charge in [0.2, 0.25) is 0 Å². The third-order valence-corrected chi connectivity index (χ3v) is 2.03. The molecule has 0 N–H and O–H groups in total. The van der Waals surface area contributed by atoms with Gasteiger partial charge in [0, 0.05) is 13.1 Å². The summed E-state index contributed by atoms with van der Waals surface area (Å²) < 4.78 is 0. The Balaban J connectivity index is 2.67. The van der Waals surface area contributed by atoms with Crippen molar-refractivity contribution >= 4 is 0 Å². The van der Waals surface area contributed by atoms with Crippen molar-refractivity contribution in [2.75, 3.05) is 13.1 Å². The quantitative estimate of drug-likeness (QED) is 0.659. The monoisotopic (exact) mass is 179 g/mol. The lowest BCUT2D eigenvalue weighted by atomic mass is 10.2. The standard InChI is InChI=1S/C11H17NO/c1-4-12(5-2)13-11-9-7-6-8-10(11)3/h6-9H,4-5H2,1-3H3. The minimum Gasteiger partial charge on any atom is -0.406 e. The molecule has 72 valence electrons. The molecule has 0 aromatic heterocycles. The highest BCUT2D eigenvalue weighted by Crippen LogP contribution is 2.17. The Labute approximate surface area is 80.1 Å². The fraction of sp³-hybridized carbons (Fsp3) is 0.455. The Bertz CT molecular complexity index is 256. The third kappa shape index (κ3) is 2.74. The summed E-state index contributed by atoms with van der Waals surface area (Å²) in [5.74, 6) is 0.950. The lowest BCUT2D eigenvalue weighted by Crippen LogP contribution is -2.26. The second-order valence-corrected chi connectivity index (χ2v) is 2.97. The minimum atomic E-state index is 0.908. The Morgan fingerprint density at radius 3 is 2.31 bits per heavy atom. The number of para-hydroxylation sites is 1. The van der Waals surface area contributed by atoms with Crippen LogP contribution < -0.4 is 4.84 Å². The minimum absolute atomic E-state index is 0.908. The summed E-state index contributed by atoms with van der Waals surface area (Å²) in [4.78, 5) is 5.68. The van der Waals surface area contributed by atoms with Gasteiger partial charge in [0.25, 0.3) is 0 Å². The van der Waals surface area contributed by atoms with Crippen LogP contribution in [0.4, 0.5) is 0 Å². The van der Waals surface area contributed by atoms with Gasteiger partial charge in [-0.3, -0.25) is 0 Å². The molecule has 1 aromatic rings. The number of benzene rings is 1. The normalized spacial score (nSPS) is 10.5.